The van der Waals surface area contributed by atoms with Gasteiger partial charge in [-0.05, 0) is 43.0 Å². The summed E-state index contributed by atoms with van der Waals surface area (Å²) in [6.45, 7) is 0.798. The van der Waals surface area contributed by atoms with Crippen LogP contribution in [0.5, 0.6) is 5.88 Å². The molecule has 1 fully saturated rings. The highest BCUT2D eigenvalue weighted by Gasteiger charge is 2.31. The fraction of sp³-hybridized carbons (Fsp3) is 0.448. The Morgan fingerprint density at radius 3 is 2.50 bits per heavy atom. The van der Waals surface area contributed by atoms with E-state index in [1.54, 1.807) is 14.2 Å². The first-order chi connectivity index (χ1) is 17.7. The van der Waals surface area contributed by atoms with Crippen LogP contribution < -0.4 is 4.74 Å². The van der Waals surface area contributed by atoms with Gasteiger partial charge in [0.05, 0.1) is 11.6 Å². The molecule has 0 saturated heterocycles. The third-order valence-electron chi connectivity index (χ3n) is 7.18. The first-order valence-corrected chi connectivity index (χ1v) is 12.8. The summed E-state index contributed by atoms with van der Waals surface area (Å²) in [6.07, 6.45) is 12.1. The van der Waals surface area contributed by atoms with E-state index < -0.39 is 0 Å². The molecule has 7 nitrogen and oxygen atoms in total. The van der Waals surface area contributed by atoms with Crippen LogP contribution in [0.1, 0.15) is 38.5 Å². The molecule has 0 unspecified atom stereocenters. The second kappa shape index (κ2) is 11.4. The summed E-state index contributed by atoms with van der Waals surface area (Å²) in [4.78, 5) is 8.86. The first kappa shape index (κ1) is 24.7. The van der Waals surface area contributed by atoms with Crippen molar-refractivity contribution in [2.75, 3.05) is 20.8 Å². The molecule has 3 aromatic heterocycles. The molecule has 1 aliphatic carbocycles. The van der Waals surface area contributed by atoms with Gasteiger partial charge < -0.3 is 23.5 Å². The number of hydrogen-bond acceptors (Lipinski definition) is 6. The first-order valence-electron chi connectivity index (χ1n) is 12.8. The Bertz CT molecular complexity index is 1280. The fourth-order valence-corrected chi connectivity index (χ4v) is 4.95. The van der Waals surface area contributed by atoms with Gasteiger partial charge in [-0.1, -0.05) is 18.6 Å². The van der Waals surface area contributed by atoms with Crippen LogP contribution in [0.15, 0.2) is 55.0 Å². The molecule has 3 heterocycles. The number of aryl methyl sites for hydroxylation is 1. The van der Waals surface area contributed by atoms with Crippen LogP contribution >= 0.6 is 0 Å². The normalized spacial score (nSPS) is 17.7. The van der Waals surface area contributed by atoms with Gasteiger partial charge in [-0.15, -0.1) is 0 Å². The molecule has 4 aromatic rings. The molecule has 1 saturated carbocycles. The number of ether oxygens (including phenoxy) is 4. The minimum absolute atomic E-state index is 0.0936. The van der Waals surface area contributed by atoms with E-state index in [2.05, 4.69) is 51.9 Å². The third kappa shape index (κ3) is 5.38. The molecule has 36 heavy (non-hydrogen) atoms. The highest BCUT2D eigenvalue weighted by Crippen LogP contribution is 2.32. The van der Waals surface area contributed by atoms with Crippen LogP contribution in [0, 0.1) is 0 Å². The Labute approximate surface area is 212 Å². The van der Waals surface area contributed by atoms with Crippen LogP contribution in [0.25, 0.3) is 32.9 Å². The summed E-state index contributed by atoms with van der Waals surface area (Å²) in [5.41, 5.74) is 4.58. The monoisotopic (exact) mass is 489 g/mol. The Hall–Kier alpha value is -3.00. The number of unbranched alkanes of at least 4 members (excludes halogenated alkanes) is 2. The average molecular weight is 490 g/mol. The lowest BCUT2D eigenvalue weighted by atomic mass is 9.92. The lowest BCUT2D eigenvalue weighted by molar-refractivity contribution is -0.107. The van der Waals surface area contributed by atoms with Gasteiger partial charge in [0.25, 0.3) is 0 Å². The number of aromatic nitrogens is 3. The predicted octanol–water partition coefficient (Wildman–Crippen LogP) is 5.89. The van der Waals surface area contributed by atoms with Crippen molar-refractivity contribution in [3.63, 3.8) is 0 Å². The number of rotatable bonds is 12. The Kier molecular flexibility index (Phi) is 7.80. The predicted molar refractivity (Wildman–Crippen MR) is 141 cm³/mol. The molecular weight excluding hydrogens is 454 g/mol. The molecule has 0 amide bonds. The Balaban J connectivity index is 1.08. The maximum absolute atomic E-state index is 6.07. The summed E-state index contributed by atoms with van der Waals surface area (Å²) in [6, 6.07) is 12.6. The second-order valence-electron chi connectivity index (χ2n) is 9.52. The summed E-state index contributed by atoms with van der Waals surface area (Å²) >= 11 is 0. The SMILES string of the molecule is COC(CCCCCO[C@H]1C[C@H](Oc2ccc(-c3ccc4c5cnccc5n(C)c4c3)cn2)C1)OC. The van der Waals surface area contributed by atoms with Gasteiger partial charge in [-0.25, -0.2) is 4.98 Å². The molecule has 190 valence electrons. The van der Waals surface area contributed by atoms with Gasteiger partial charge in [-0.3, -0.25) is 4.98 Å². The lowest BCUT2D eigenvalue weighted by Crippen LogP contribution is -2.39. The van der Waals surface area contributed by atoms with Crippen LogP contribution in [0.2, 0.25) is 0 Å². The highest BCUT2D eigenvalue weighted by atomic mass is 16.7. The van der Waals surface area contributed by atoms with Crippen molar-refractivity contribution in [2.45, 2.75) is 57.0 Å². The Morgan fingerprint density at radius 2 is 1.72 bits per heavy atom. The minimum Gasteiger partial charge on any atom is -0.474 e. The lowest BCUT2D eigenvalue weighted by Gasteiger charge is -2.34. The molecule has 1 aliphatic rings. The molecule has 0 aliphatic heterocycles. The van der Waals surface area contributed by atoms with Crippen molar-refractivity contribution < 1.29 is 18.9 Å². The smallest absolute Gasteiger partial charge is 0.213 e. The van der Waals surface area contributed by atoms with Crippen molar-refractivity contribution in [1.29, 1.82) is 0 Å². The number of methoxy groups -OCH3 is 2. The van der Waals surface area contributed by atoms with Gasteiger partial charge in [0, 0.05) is 87.2 Å². The van der Waals surface area contributed by atoms with E-state index in [0.717, 1.165) is 56.3 Å². The molecular formula is C29H35N3O4. The van der Waals surface area contributed by atoms with E-state index >= 15 is 0 Å². The van der Waals surface area contributed by atoms with Gasteiger partial charge in [0.2, 0.25) is 5.88 Å². The van der Waals surface area contributed by atoms with Crippen LogP contribution in [-0.4, -0.2) is 53.9 Å². The topological polar surface area (TPSA) is 67.6 Å². The number of benzene rings is 1. The van der Waals surface area contributed by atoms with Crippen molar-refractivity contribution in [1.82, 2.24) is 14.5 Å². The minimum atomic E-state index is -0.0936. The van der Waals surface area contributed by atoms with Crippen molar-refractivity contribution in [3.8, 4) is 17.0 Å². The van der Waals surface area contributed by atoms with Crippen LogP contribution in [-0.2, 0) is 21.3 Å². The molecule has 0 radical (unpaired) electrons. The zero-order valence-electron chi connectivity index (χ0n) is 21.4. The molecule has 5 rings (SSSR count). The number of fused-ring (bicyclic) bond motifs is 3. The zero-order chi connectivity index (χ0) is 24.9. The molecule has 0 N–H and O–H groups in total. The maximum Gasteiger partial charge on any atom is 0.213 e. The molecule has 0 spiro atoms. The largest absolute Gasteiger partial charge is 0.474 e. The maximum atomic E-state index is 6.07. The fourth-order valence-electron chi connectivity index (χ4n) is 4.95. The van der Waals surface area contributed by atoms with E-state index in [-0.39, 0.29) is 12.4 Å². The standard InChI is InChI=1S/C29H35N3O4/c1-32-26-12-13-30-19-25(26)24-10-8-20(15-27(24)32)21-9-11-28(31-18-21)36-23-16-22(17-23)35-14-6-4-5-7-29(33-2)34-3/h8-13,15,18-19,22-23,29H,4-7,14,16-17H2,1-3H3/t22-,23-. The quantitative estimate of drug-likeness (QED) is 0.182. The van der Waals surface area contributed by atoms with Gasteiger partial charge >= 0.3 is 0 Å². The third-order valence-corrected chi connectivity index (χ3v) is 7.18. The molecule has 1 aromatic carbocycles. The van der Waals surface area contributed by atoms with E-state index in [4.69, 9.17) is 18.9 Å². The van der Waals surface area contributed by atoms with Crippen LogP contribution in [0.4, 0.5) is 0 Å². The average Bonchev–Trinajstić information content (AvgIpc) is 3.18. The van der Waals surface area contributed by atoms with Crippen molar-refractivity contribution in [3.05, 3.63) is 55.0 Å². The van der Waals surface area contributed by atoms with E-state index in [9.17, 15) is 0 Å². The number of pyridine rings is 2. The van der Waals surface area contributed by atoms with Gasteiger partial charge in [0.15, 0.2) is 6.29 Å². The number of nitrogens with zero attached hydrogens (tertiary/aromatic N) is 3. The van der Waals surface area contributed by atoms with E-state index in [0.29, 0.717) is 12.0 Å². The summed E-state index contributed by atoms with van der Waals surface area (Å²) in [7, 11) is 5.46. The number of hydrogen-bond donors (Lipinski definition) is 0. The molecule has 0 bridgehead atoms. The second-order valence-corrected chi connectivity index (χ2v) is 9.52. The summed E-state index contributed by atoms with van der Waals surface area (Å²) < 4.78 is 24.7. The van der Waals surface area contributed by atoms with Gasteiger partial charge in [-0.2, -0.15) is 0 Å². The van der Waals surface area contributed by atoms with Crippen molar-refractivity contribution >= 4 is 21.8 Å². The van der Waals surface area contributed by atoms with E-state index in [1.807, 2.05) is 24.7 Å². The summed E-state index contributed by atoms with van der Waals surface area (Å²) in [5.74, 6) is 0.671. The van der Waals surface area contributed by atoms with Gasteiger partial charge in [0.1, 0.15) is 6.10 Å². The Morgan fingerprint density at radius 1 is 0.889 bits per heavy atom. The summed E-state index contributed by atoms with van der Waals surface area (Å²) in [5, 5.41) is 2.39. The molecule has 0 atom stereocenters. The van der Waals surface area contributed by atoms with Crippen molar-refractivity contribution in [2.24, 2.45) is 7.05 Å². The van der Waals surface area contributed by atoms with E-state index in [1.165, 1.54) is 21.8 Å². The molecule has 7 heteroatoms. The van der Waals surface area contributed by atoms with Crippen LogP contribution in [0.3, 0.4) is 0 Å². The highest BCUT2D eigenvalue weighted by molar-refractivity contribution is 6.08. The zero-order valence-corrected chi connectivity index (χ0v) is 21.4.